The van der Waals surface area contributed by atoms with E-state index < -0.39 is 18.2 Å². The van der Waals surface area contributed by atoms with Crippen molar-refractivity contribution >= 4 is 46.2 Å². The van der Waals surface area contributed by atoms with Crippen molar-refractivity contribution in [2.45, 2.75) is 120 Å². The van der Waals surface area contributed by atoms with E-state index in [2.05, 4.69) is 66.9 Å². The predicted molar refractivity (Wildman–Crippen MR) is 237 cm³/mol. The molecule has 318 valence electrons. The Kier molecular flexibility index (Phi) is 18.1. The van der Waals surface area contributed by atoms with Gasteiger partial charge in [0.2, 0.25) is 23.6 Å². The van der Waals surface area contributed by atoms with Crippen LogP contribution in [0.2, 0.25) is 0 Å². The summed E-state index contributed by atoms with van der Waals surface area (Å²) in [5.41, 5.74) is 1.17. The van der Waals surface area contributed by atoms with Crippen LogP contribution in [-0.4, -0.2) is 115 Å². The number of nitrogens with one attached hydrogen (secondary N) is 2. The van der Waals surface area contributed by atoms with Gasteiger partial charge in [0.25, 0.3) is 0 Å². The normalized spacial score (nSPS) is 17.5. The molecule has 3 aromatic rings. The number of fused-ring (bicyclic) bond motifs is 1. The van der Waals surface area contributed by atoms with E-state index in [9.17, 15) is 19.2 Å². The Morgan fingerprint density at radius 2 is 1.55 bits per heavy atom. The van der Waals surface area contributed by atoms with E-state index in [1.54, 1.807) is 30.8 Å². The SMILES string of the molecule is CCC(C)C(C(CC(=O)N1CCCC1C(CC(=O)NCCc1ccccc1)Sc1ccc2ccccc2c1)OC)N(C)C(=O)C(NC(=O)C(C(C)C)N(C)C)C(C)C. The third kappa shape index (κ3) is 12.5. The smallest absolute Gasteiger partial charge is 0.245 e. The molecule has 4 amide bonds. The average Bonchev–Trinajstić information content (AvgIpc) is 3.69. The summed E-state index contributed by atoms with van der Waals surface area (Å²) in [6, 6.07) is 23.1. The third-order valence-electron chi connectivity index (χ3n) is 11.8. The molecule has 0 radical (unpaired) electrons. The standard InChI is InChI=1S/C47H69N5O5S/c1-11-33(6)45(51(9)47(56)43(31(2)3)49-46(55)44(32(4)5)50(7)8)39(57-10)29-42(54)52-27-17-22-38(52)40(30-41(53)48-26-25-34-18-13-12-14-19-34)58-37-24-23-35-20-15-16-21-36(35)28-37/h12-16,18-21,23-24,28,31-33,38-40,43-45H,11,17,22,25-27,29-30H2,1-10H3,(H,48,53)(H,49,55). The number of thioether (sulfide) groups is 1. The van der Waals surface area contributed by atoms with Gasteiger partial charge in [0.15, 0.2) is 0 Å². The van der Waals surface area contributed by atoms with Crippen molar-refractivity contribution in [3.63, 3.8) is 0 Å². The number of likely N-dealkylation sites (tertiary alicyclic amines) is 1. The van der Waals surface area contributed by atoms with Crippen molar-refractivity contribution in [2.24, 2.45) is 17.8 Å². The monoisotopic (exact) mass is 816 g/mol. The summed E-state index contributed by atoms with van der Waals surface area (Å²) in [4.78, 5) is 62.6. The number of methoxy groups -OCH3 is 1. The van der Waals surface area contributed by atoms with Gasteiger partial charge in [-0.25, -0.2) is 0 Å². The molecule has 1 heterocycles. The van der Waals surface area contributed by atoms with Crippen molar-refractivity contribution in [1.29, 1.82) is 0 Å². The first kappa shape index (κ1) is 46.8. The van der Waals surface area contributed by atoms with E-state index in [1.807, 2.05) is 81.9 Å². The lowest BCUT2D eigenvalue weighted by atomic mass is 9.89. The highest BCUT2D eigenvalue weighted by molar-refractivity contribution is 8.00. The minimum absolute atomic E-state index is 0.00515. The Morgan fingerprint density at radius 3 is 2.17 bits per heavy atom. The van der Waals surface area contributed by atoms with Crippen LogP contribution in [-0.2, 0) is 30.3 Å². The fourth-order valence-electron chi connectivity index (χ4n) is 8.53. The van der Waals surface area contributed by atoms with Crippen molar-refractivity contribution < 1.29 is 23.9 Å². The van der Waals surface area contributed by atoms with Crippen LogP contribution >= 0.6 is 11.8 Å². The lowest BCUT2D eigenvalue weighted by molar-refractivity contribution is -0.146. The number of benzene rings is 3. The number of hydrogen-bond donors (Lipinski definition) is 2. The first-order valence-corrected chi connectivity index (χ1v) is 22.1. The minimum atomic E-state index is -0.742. The number of nitrogens with zero attached hydrogens (tertiary/aromatic N) is 3. The van der Waals surface area contributed by atoms with Gasteiger partial charge in [0.05, 0.1) is 24.6 Å². The molecule has 1 fully saturated rings. The van der Waals surface area contributed by atoms with Crippen molar-refractivity contribution in [3.8, 4) is 0 Å². The lowest BCUT2D eigenvalue weighted by Gasteiger charge is -2.41. The largest absolute Gasteiger partial charge is 0.379 e. The molecule has 3 aromatic carbocycles. The summed E-state index contributed by atoms with van der Waals surface area (Å²) in [6.45, 7) is 13.2. The summed E-state index contributed by atoms with van der Waals surface area (Å²) in [5.74, 6) is -0.554. The van der Waals surface area contributed by atoms with E-state index in [1.165, 1.54) is 5.56 Å². The van der Waals surface area contributed by atoms with Gasteiger partial charge in [-0.2, -0.15) is 0 Å². The molecular formula is C47H69N5O5S. The molecular weight excluding hydrogens is 747 g/mol. The molecule has 58 heavy (non-hydrogen) atoms. The fourth-order valence-corrected chi connectivity index (χ4v) is 9.90. The molecule has 4 rings (SSSR count). The number of likely N-dealkylation sites (N-methyl/N-ethyl adjacent to an activating group) is 2. The summed E-state index contributed by atoms with van der Waals surface area (Å²) in [6.07, 6.45) is 2.92. The first-order chi connectivity index (χ1) is 27.7. The Labute approximate surface area is 352 Å². The lowest BCUT2D eigenvalue weighted by Crippen LogP contribution is -2.59. The zero-order valence-corrected chi connectivity index (χ0v) is 37.4. The molecule has 0 aromatic heterocycles. The zero-order chi connectivity index (χ0) is 42.5. The highest BCUT2D eigenvalue weighted by Crippen LogP contribution is 2.37. The van der Waals surface area contributed by atoms with Crippen LogP contribution in [0.4, 0.5) is 0 Å². The van der Waals surface area contributed by atoms with Gasteiger partial charge in [0.1, 0.15) is 6.04 Å². The Bertz CT molecular complexity index is 1780. The molecule has 0 bridgehead atoms. The molecule has 0 saturated carbocycles. The number of carbonyl (C=O) groups excluding carboxylic acids is 4. The van der Waals surface area contributed by atoms with Gasteiger partial charge >= 0.3 is 0 Å². The van der Waals surface area contributed by atoms with Crippen LogP contribution in [0.3, 0.4) is 0 Å². The highest BCUT2D eigenvalue weighted by Gasteiger charge is 2.42. The van der Waals surface area contributed by atoms with Gasteiger partial charge in [0, 0.05) is 49.9 Å². The summed E-state index contributed by atoms with van der Waals surface area (Å²) >= 11 is 1.67. The van der Waals surface area contributed by atoms with Crippen LogP contribution in [0.1, 0.15) is 79.2 Å². The highest BCUT2D eigenvalue weighted by atomic mass is 32.2. The summed E-state index contributed by atoms with van der Waals surface area (Å²) < 4.78 is 6.13. The average molecular weight is 816 g/mol. The van der Waals surface area contributed by atoms with Crippen LogP contribution in [0.25, 0.3) is 10.8 Å². The number of amides is 4. The maximum atomic E-state index is 14.5. The van der Waals surface area contributed by atoms with E-state index in [0.717, 1.165) is 41.4 Å². The predicted octanol–water partition coefficient (Wildman–Crippen LogP) is 7.05. The van der Waals surface area contributed by atoms with Crippen molar-refractivity contribution in [1.82, 2.24) is 25.3 Å². The minimum Gasteiger partial charge on any atom is -0.379 e. The Morgan fingerprint density at radius 1 is 0.879 bits per heavy atom. The number of hydrogen-bond acceptors (Lipinski definition) is 7. The second kappa shape index (κ2) is 22.4. The van der Waals surface area contributed by atoms with Crippen LogP contribution in [0.5, 0.6) is 0 Å². The van der Waals surface area contributed by atoms with E-state index in [4.69, 9.17) is 4.74 Å². The molecule has 0 aliphatic carbocycles. The van der Waals surface area contributed by atoms with Crippen LogP contribution in [0.15, 0.2) is 77.7 Å². The van der Waals surface area contributed by atoms with Crippen molar-refractivity contribution in [3.05, 3.63) is 78.4 Å². The molecule has 0 spiro atoms. The van der Waals surface area contributed by atoms with E-state index >= 15 is 0 Å². The number of ether oxygens (including phenoxy) is 1. The van der Waals surface area contributed by atoms with E-state index in [0.29, 0.717) is 13.1 Å². The number of carbonyl (C=O) groups is 4. The topological polar surface area (TPSA) is 111 Å². The molecule has 1 aliphatic rings. The van der Waals surface area contributed by atoms with E-state index in [-0.39, 0.29) is 71.6 Å². The molecule has 1 aliphatic heterocycles. The van der Waals surface area contributed by atoms with Gasteiger partial charge in [-0.05, 0) is 79.6 Å². The van der Waals surface area contributed by atoms with Crippen molar-refractivity contribution in [2.75, 3.05) is 41.3 Å². The number of rotatable bonds is 21. The maximum Gasteiger partial charge on any atom is 0.245 e. The van der Waals surface area contributed by atoms with Gasteiger partial charge in [-0.1, -0.05) is 109 Å². The third-order valence-corrected chi connectivity index (χ3v) is 13.1. The quantitative estimate of drug-likeness (QED) is 0.111. The van der Waals surface area contributed by atoms with Crippen LogP contribution in [0, 0.1) is 17.8 Å². The maximum absolute atomic E-state index is 14.5. The van der Waals surface area contributed by atoms with Gasteiger partial charge in [-0.15, -0.1) is 11.8 Å². The van der Waals surface area contributed by atoms with Gasteiger partial charge in [-0.3, -0.25) is 24.1 Å². The first-order valence-electron chi connectivity index (χ1n) is 21.2. The zero-order valence-electron chi connectivity index (χ0n) is 36.6. The Balaban J connectivity index is 1.55. The molecule has 7 unspecified atom stereocenters. The van der Waals surface area contributed by atoms with Gasteiger partial charge < -0.3 is 25.2 Å². The second-order valence-corrected chi connectivity index (χ2v) is 18.3. The fraction of sp³-hybridized carbons (Fsp3) is 0.574. The molecule has 1 saturated heterocycles. The molecule has 2 N–H and O–H groups in total. The second-order valence-electron chi connectivity index (χ2n) is 16.9. The summed E-state index contributed by atoms with van der Waals surface area (Å²) in [5, 5.41) is 8.33. The molecule has 10 nitrogen and oxygen atoms in total. The molecule has 11 heteroatoms. The molecule has 7 atom stereocenters. The summed E-state index contributed by atoms with van der Waals surface area (Å²) in [7, 11) is 7.13. The Hall–Kier alpha value is -3.93. The van der Waals surface area contributed by atoms with Crippen LogP contribution < -0.4 is 10.6 Å².